The van der Waals surface area contributed by atoms with Crippen LogP contribution in [-0.4, -0.2) is 42.5 Å². The number of hydrogen-bond donors (Lipinski definition) is 0. The number of pyridine rings is 1. The summed E-state index contributed by atoms with van der Waals surface area (Å²) in [6, 6.07) is 11.6. The van der Waals surface area contributed by atoms with Crippen LogP contribution in [0.3, 0.4) is 0 Å². The molecular formula is C24H23N7O2. The lowest BCUT2D eigenvalue weighted by Gasteiger charge is -2.07. The van der Waals surface area contributed by atoms with E-state index in [2.05, 4.69) is 38.6 Å². The third kappa shape index (κ3) is 4.00. The molecule has 0 amide bonds. The van der Waals surface area contributed by atoms with Crippen LogP contribution in [0.5, 0.6) is 5.75 Å². The third-order valence-corrected chi connectivity index (χ3v) is 5.67. The molecule has 0 bridgehead atoms. The number of aromatic nitrogens is 6. The summed E-state index contributed by atoms with van der Waals surface area (Å²) in [5, 5.41) is 9.52. The van der Waals surface area contributed by atoms with Gasteiger partial charge in [0.15, 0.2) is 18.1 Å². The molecule has 0 unspecified atom stereocenters. The van der Waals surface area contributed by atoms with Gasteiger partial charge in [-0.05, 0) is 66.9 Å². The summed E-state index contributed by atoms with van der Waals surface area (Å²) in [6.45, 7) is 5.06. The fourth-order valence-electron chi connectivity index (χ4n) is 3.78. The number of aryl methyl sites for hydroxylation is 1. The van der Waals surface area contributed by atoms with E-state index in [1.54, 1.807) is 36.6 Å². The second-order valence-electron chi connectivity index (χ2n) is 7.67. The predicted molar refractivity (Wildman–Crippen MR) is 124 cm³/mol. The van der Waals surface area contributed by atoms with Crippen LogP contribution in [0.1, 0.15) is 28.2 Å². The van der Waals surface area contributed by atoms with Crippen LogP contribution >= 0.6 is 0 Å². The monoisotopic (exact) mass is 441 g/mol. The van der Waals surface area contributed by atoms with Crippen molar-refractivity contribution in [1.29, 1.82) is 0 Å². The third-order valence-electron chi connectivity index (χ3n) is 5.67. The maximum Gasteiger partial charge on any atom is 0.192 e. The average Bonchev–Trinajstić information content (AvgIpc) is 3.37. The van der Waals surface area contributed by atoms with Gasteiger partial charge in [0.1, 0.15) is 17.7 Å². The Labute approximate surface area is 190 Å². The standard InChI is InChI=1S/C24H23N7O2/c1-16-17(2)30(13-19-8-10-25-11-9-19)23-22(16)24-28-21(29-31(24)15-26-23)14-33-27-12-18-4-6-20(32-3)7-5-18/h4-12,15H,13-14H2,1-3H3/b27-12+. The van der Waals surface area contributed by atoms with Gasteiger partial charge in [-0.25, -0.2) is 14.5 Å². The molecule has 1 aromatic carbocycles. The molecule has 5 rings (SSSR count). The Kier molecular flexibility index (Phi) is 5.43. The Morgan fingerprint density at radius 3 is 2.58 bits per heavy atom. The highest BCUT2D eigenvalue weighted by atomic mass is 16.6. The Morgan fingerprint density at radius 1 is 1.03 bits per heavy atom. The lowest BCUT2D eigenvalue weighted by atomic mass is 10.2. The largest absolute Gasteiger partial charge is 0.497 e. The molecular weight excluding hydrogens is 418 g/mol. The second kappa shape index (κ2) is 8.70. The highest BCUT2D eigenvalue weighted by Gasteiger charge is 2.18. The number of nitrogens with zero attached hydrogens (tertiary/aromatic N) is 7. The summed E-state index contributed by atoms with van der Waals surface area (Å²) in [6.07, 6.45) is 6.94. The zero-order chi connectivity index (χ0) is 22.8. The van der Waals surface area contributed by atoms with Crippen molar-refractivity contribution in [2.24, 2.45) is 5.16 Å². The Hall–Kier alpha value is -4.27. The van der Waals surface area contributed by atoms with Gasteiger partial charge in [0.25, 0.3) is 0 Å². The first-order valence-electron chi connectivity index (χ1n) is 10.5. The Bertz CT molecular complexity index is 1440. The first-order chi connectivity index (χ1) is 16.1. The molecule has 5 aromatic rings. The molecule has 0 aliphatic rings. The molecule has 0 N–H and O–H groups in total. The van der Waals surface area contributed by atoms with Crippen molar-refractivity contribution >= 4 is 22.9 Å². The van der Waals surface area contributed by atoms with Crippen molar-refractivity contribution in [3.8, 4) is 5.75 Å². The summed E-state index contributed by atoms with van der Waals surface area (Å²) in [7, 11) is 1.64. The highest BCUT2D eigenvalue weighted by Crippen LogP contribution is 2.27. The first-order valence-corrected chi connectivity index (χ1v) is 10.5. The van der Waals surface area contributed by atoms with Crippen LogP contribution in [0.2, 0.25) is 0 Å². The molecule has 0 spiro atoms. The van der Waals surface area contributed by atoms with E-state index in [9.17, 15) is 0 Å². The van der Waals surface area contributed by atoms with Crippen molar-refractivity contribution in [3.63, 3.8) is 0 Å². The van der Waals surface area contributed by atoms with E-state index < -0.39 is 0 Å². The van der Waals surface area contributed by atoms with Gasteiger partial charge >= 0.3 is 0 Å². The molecule has 0 saturated carbocycles. The van der Waals surface area contributed by atoms with E-state index in [4.69, 9.17) is 14.6 Å². The summed E-state index contributed by atoms with van der Waals surface area (Å²) in [5.41, 5.74) is 5.99. The second-order valence-corrected chi connectivity index (χ2v) is 7.67. The van der Waals surface area contributed by atoms with Crippen LogP contribution in [0.25, 0.3) is 16.7 Å². The molecule has 0 atom stereocenters. The molecule has 0 aliphatic carbocycles. The minimum atomic E-state index is 0.158. The molecule has 0 fully saturated rings. The van der Waals surface area contributed by atoms with Gasteiger partial charge in [-0.15, -0.1) is 5.10 Å². The van der Waals surface area contributed by atoms with Crippen molar-refractivity contribution in [1.82, 2.24) is 29.1 Å². The molecule has 4 heterocycles. The number of oxime groups is 1. The lowest BCUT2D eigenvalue weighted by Crippen LogP contribution is -2.03. The fourth-order valence-corrected chi connectivity index (χ4v) is 3.78. The minimum absolute atomic E-state index is 0.158. The lowest BCUT2D eigenvalue weighted by molar-refractivity contribution is 0.126. The molecule has 0 aliphatic heterocycles. The minimum Gasteiger partial charge on any atom is -0.497 e. The maximum atomic E-state index is 5.43. The average molecular weight is 441 g/mol. The first kappa shape index (κ1) is 20.6. The van der Waals surface area contributed by atoms with Gasteiger partial charge < -0.3 is 14.1 Å². The van der Waals surface area contributed by atoms with E-state index in [0.29, 0.717) is 12.4 Å². The summed E-state index contributed by atoms with van der Waals surface area (Å²) in [4.78, 5) is 18.9. The molecule has 0 radical (unpaired) electrons. The van der Waals surface area contributed by atoms with E-state index in [-0.39, 0.29) is 6.61 Å². The van der Waals surface area contributed by atoms with Crippen LogP contribution in [-0.2, 0) is 18.0 Å². The van der Waals surface area contributed by atoms with Crippen molar-refractivity contribution in [2.75, 3.05) is 7.11 Å². The SMILES string of the molecule is COc1ccc(/C=N/OCc2nc3c4c(C)c(C)n(Cc5ccncc5)c4ncn3n2)cc1. The van der Waals surface area contributed by atoms with Gasteiger partial charge in [-0.1, -0.05) is 5.16 Å². The number of fused-ring (bicyclic) bond motifs is 3. The van der Waals surface area contributed by atoms with Crippen LogP contribution in [0.4, 0.5) is 0 Å². The topological polar surface area (TPSA) is 91.7 Å². The van der Waals surface area contributed by atoms with Crippen molar-refractivity contribution in [3.05, 3.63) is 83.3 Å². The molecule has 33 heavy (non-hydrogen) atoms. The van der Waals surface area contributed by atoms with Crippen LogP contribution in [0, 0.1) is 13.8 Å². The number of rotatable bonds is 7. The predicted octanol–water partition coefficient (Wildman–Crippen LogP) is 3.70. The van der Waals surface area contributed by atoms with Crippen molar-refractivity contribution in [2.45, 2.75) is 27.0 Å². The van der Waals surface area contributed by atoms with Gasteiger partial charge in [-0.3, -0.25) is 4.98 Å². The quantitative estimate of drug-likeness (QED) is 0.283. The molecule has 0 saturated heterocycles. The molecule has 4 aromatic heterocycles. The van der Waals surface area contributed by atoms with Gasteiger partial charge in [0.2, 0.25) is 0 Å². The van der Waals surface area contributed by atoms with Gasteiger partial charge in [0, 0.05) is 24.6 Å². The van der Waals surface area contributed by atoms with Crippen LogP contribution < -0.4 is 4.74 Å². The highest BCUT2D eigenvalue weighted by molar-refractivity contribution is 5.93. The van der Waals surface area contributed by atoms with Crippen LogP contribution in [0.15, 0.2) is 60.3 Å². The number of benzene rings is 1. The molecule has 9 heteroatoms. The normalized spacial score (nSPS) is 11.6. The smallest absolute Gasteiger partial charge is 0.192 e. The van der Waals surface area contributed by atoms with Crippen molar-refractivity contribution < 1.29 is 9.57 Å². The number of ether oxygens (including phenoxy) is 1. The summed E-state index contributed by atoms with van der Waals surface area (Å²) >= 11 is 0. The Balaban J connectivity index is 1.39. The number of methoxy groups -OCH3 is 1. The van der Waals surface area contributed by atoms with Gasteiger partial charge in [0.05, 0.1) is 18.7 Å². The number of hydrogen-bond acceptors (Lipinski definition) is 7. The van der Waals surface area contributed by atoms with Gasteiger partial charge in [-0.2, -0.15) is 0 Å². The van der Waals surface area contributed by atoms with E-state index >= 15 is 0 Å². The zero-order valence-electron chi connectivity index (χ0n) is 18.6. The summed E-state index contributed by atoms with van der Waals surface area (Å²) in [5.74, 6) is 1.33. The fraction of sp³-hybridized carbons (Fsp3) is 0.208. The Morgan fingerprint density at radius 2 is 1.82 bits per heavy atom. The summed E-state index contributed by atoms with van der Waals surface area (Å²) < 4.78 is 9.05. The van der Waals surface area contributed by atoms with E-state index in [1.807, 2.05) is 36.4 Å². The van der Waals surface area contributed by atoms with E-state index in [1.165, 1.54) is 0 Å². The molecule has 9 nitrogen and oxygen atoms in total. The van der Waals surface area contributed by atoms with E-state index in [0.717, 1.165) is 44.8 Å². The molecule has 166 valence electrons. The zero-order valence-corrected chi connectivity index (χ0v) is 18.6. The maximum absolute atomic E-state index is 5.43.